The van der Waals surface area contributed by atoms with Gasteiger partial charge >= 0.3 is 0 Å². The van der Waals surface area contributed by atoms with Crippen LogP contribution in [-0.2, 0) is 0 Å². The van der Waals surface area contributed by atoms with E-state index in [-0.39, 0.29) is 13.2 Å². The Morgan fingerprint density at radius 2 is 1.54 bits per heavy atom. The van der Waals surface area contributed by atoms with E-state index in [4.69, 9.17) is 10.2 Å². The first kappa shape index (κ1) is 18.4. The maximum Gasteiger partial charge on any atom is 0.225 e. The minimum atomic E-state index is 0.191. The molecule has 132 valence electrons. The SMILES string of the molecule is CC(CCO)CNc1nc(NCC(C)CCO)c2ccccc2n1. The number of rotatable bonds is 10. The van der Waals surface area contributed by atoms with Crippen molar-refractivity contribution in [2.75, 3.05) is 36.9 Å². The van der Waals surface area contributed by atoms with E-state index in [0.717, 1.165) is 42.7 Å². The van der Waals surface area contributed by atoms with Crippen LogP contribution in [0.2, 0.25) is 0 Å². The quantitative estimate of drug-likeness (QED) is 0.534. The Morgan fingerprint density at radius 3 is 2.21 bits per heavy atom. The van der Waals surface area contributed by atoms with Gasteiger partial charge in [-0.1, -0.05) is 26.0 Å². The average molecular weight is 332 g/mol. The predicted octanol–water partition coefficient (Wildman–Crippen LogP) is 2.49. The Hall–Kier alpha value is -1.92. The molecule has 4 N–H and O–H groups in total. The fourth-order valence-corrected chi connectivity index (χ4v) is 2.47. The highest BCUT2D eigenvalue weighted by molar-refractivity contribution is 5.90. The molecule has 0 saturated heterocycles. The van der Waals surface area contributed by atoms with Crippen molar-refractivity contribution in [3.63, 3.8) is 0 Å². The van der Waals surface area contributed by atoms with E-state index in [1.165, 1.54) is 0 Å². The second-order valence-corrected chi connectivity index (χ2v) is 6.41. The van der Waals surface area contributed by atoms with Crippen LogP contribution in [0.5, 0.6) is 0 Å². The highest BCUT2D eigenvalue weighted by atomic mass is 16.3. The van der Waals surface area contributed by atoms with Crippen LogP contribution in [0.4, 0.5) is 11.8 Å². The molecule has 0 aliphatic carbocycles. The lowest BCUT2D eigenvalue weighted by Crippen LogP contribution is -2.17. The van der Waals surface area contributed by atoms with Crippen LogP contribution in [-0.4, -0.2) is 46.5 Å². The van der Waals surface area contributed by atoms with E-state index in [1.54, 1.807) is 0 Å². The molecule has 1 aromatic carbocycles. The molecule has 0 bridgehead atoms. The molecule has 2 unspecified atom stereocenters. The zero-order valence-corrected chi connectivity index (χ0v) is 14.5. The third kappa shape index (κ3) is 5.32. The standard InChI is InChI=1S/C18H28N4O2/c1-13(7-9-23)11-19-17-15-5-3-4-6-16(15)21-18(22-17)20-12-14(2)8-10-24/h3-6,13-14,23-24H,7-12H2,1-2H3,(H2,19,20,21,22). The molecule has 0 aliphatic rings. The van der Waals surface area contributed by atoms with E-state index in [1.807, 2.05) is 24.3 Å². The lowest BCUT2D eigenvalue weighted by molar-refractivity contribution is 0.265. The Kier molecular flexibility index (Phi) is 7.21. The number of hydrogen-bond acceptors (Lipinski definition) is 6. The Bertz CT molecular complexity index is 635. The van der Waals surface area contributed by atoms with Crippen molar-refractivity contribution in [2.45, 2.75) is 26.7 Å². The number of nitrogens with zero attached hydrogens (tertiary/aromatic N) is 2. The summed E-state index contributed by atoms with van der Waals surface area (Å²) in [6.45, 7) is 6.05. The molecule has 0 spiro atoms. The van der Waals surface area contributed by atoms with Gasteiger partial charge in [0.25, 0.3) is 0 Å². The van der Waals surface area contributed by atoms with Crippen molar-refractivity contribution in [3.05, 3.63) is 24.3 Å². The van der Waals surface area contributed by atoms with Gasteiger partial charge in [0.2, 0.25) is 5.95 Å². The molecule has 6 nitrogen and oxygen atoms in total. The van der Waals surface area contributed by atoms with Crippen LogP contribution in [0, 0.1) is 11.8 Å². The maximum atomic E-state index is 9.03. The normalized spacial score (nSPS) is 13.7. The number of para-hydroxylation sites is 1. The largest absolute Gasteiger partial charge is 0.396 e. The molecular weight excluding hydrogens is 304 g/mol. The van der Waals surface area contributed by atoms with Crippen molar-refractivity contribution < 1.29 is 10.2 Å². The van der Waals surface area contributed by atoms with Crippen LogP contribution >= 0.6 is 0 Å². The lowest BCUT2D eigenvalue weighted by atomic mass is 10.1. The zero-order chi connectivity index (χ0) is 17.4. The Morgan fingerprint density at radius 1 is 0.917 bits per heavy atom. The number of nitrogens with one attached hydrogen (secondary N) is 2. The van der Waals surface area contributed by atoms with Gasteiger partial charge in [-0.3, -0.25) is 0 Å². The second-order valence-electron chi connectivity index (χ2n) is 6.41. The molecule has 0 fully saturated rings. The number of hydrogen-bond donors (Lipinski definition) is 4. The summed E-state index contributed by atoms with van der Waals surface area (Å²) in [5.74, 6) is 2.12. The van der Waals surface area contributed by atoms with Crippen molar-refractivity contribution in [2.24, 2.45) is 11.8 Å². The molecule has 2 aromatic rings. The van der Waals surface area contributed by atoms with E-state index >= 15 is 0 Å². The average Bonchev–Trinajstić information content (AvgIpc) is 2.58. The fourth-order valence-electron chi connectivity index (χ4n) is 2.47. The molecular formula is C18H28N4O2. The number of aromatic nitrogens is 2. The molecule has 1 heterocycles. The molecule has 1 aromatic heterocycles. The summed E-state index contributed by atoms with van der Waals surface area (Å²) in [5, 5.41) is 25.7. The molecule has 2 rings (SSSR count). The number of fused-ring (bicyclic) bond motifs is 1. The summed E-state index contributed by atoms with van der Waals surface area (Å²) in [6.07, 6.45) is 1.52. The highest BCUT2D eigenvalue weighted by Gasteiger charge is 2.10. The van der Waals surface area contributed by atoms with E-state index in [0.29, 0.717) is 17.8 Å². The number of benzene rings is 1. The molecule has 2 atom stereocenters. The third-order valence-electron chi connectivity index (χ3n) is 4.07. The topological polar surface area (TPSA) is 90.3 Å². The van der Waals surface area contributed by atoms with E-state index in [2.05, 4.69) is 34.4 Å². The van der Waals surface area contributed by atoms with Gasteiger partial charge in [-0.05, 0) is 36.8 Å². The number of aliphatic hydroxyl groups is 2. The number of aliphatic hydroxyl groups excluding tert-OH is 2. The summed E-state index contributed by atoms with van der Waals surface area (Å²) in [7, 11) is 0. The van der Waals surface area contributed by atoms with Crippen molar-refractivity contribution in [1.82, 2.24) is 9.97 Å². The molecule has 0 radical (unpaired) electrons. The Balaban J connectivity index is 2.14. The first-order valence-corrected chi connectivity index (χ1v) is 8.60. The van der Waals surface area contributed by atoms with Crippen LogP contribution in [0.25, 0.3) is 10.9 Å². The minimum Gasteiger partial charge on any atom is -0.396 e. The molecule has 24 heavy (non-hydrogen) atoms. The van der Waals surface area contributed by atoms with Gasteiger partial charge < -0.3 is 20.8 Å². The van der Waals surface area contributed by atoms with Gasteiger partial charge in [0, 0.05) is 31.7 Å². The van der Waals surface area contributed by atoms with Crippen molar-refractivity contribution >= 4 is 22.7 Å². The predicted molar refractivity (Wildman–Crippen MR) is 98.3 cm³/mol. The first-order valence-electron chi connectivity index (χ1n) is 8.60. The zero-order valence-electron chi connectivity index (χ0n) is 14.5. The summed E-state index contributed by atoms with van der Waals surface area (Å²) in [6, 6.07) is 7.92. The van der Waals surface area contributed by atoms with Gasteiger partial charge in [0.1, 0.15) is 5.82 Å². The van der Waals surface area contributed by atoms with Gasteiger partial charge in [0.05, 0.1) is 5.52 Å². The summed E-state index contributed by atoms with van der Waals surface area (Å²) in [5.41, 5.74) is 0.891. The lowest BCUT2D eigenvalue weighted by Gasteiger charge is -2.16. The minimum absolute atomic E-state index is 0.191. The summed E-state index contributed by atoms with van der Waals surface area (Å²) >= 11 is 0. The van der Waals surface area contributed by atoms with Gasteiger partial charge in [-0.15, -0.1) is 0 Å². The molecule has 6 heteroatoms. The molecule has 0 saturated carbocycles. The summed E-state index contributed by atoms with van der Waals surface area (Å²) < 4.78 is 0. The highest BCUT2D eigenvalue weighted by Crippen LogP contribution is 2.22. The fraction of sp³-hybridized carbons (Fsp3) is 0.556. The van der Waals surface area contributed by atoms with Crippen LogP contribution in [0.3, 0.4) is 0 Å². The van der Waals surface area contributed by atoms with Gasteiger partial charge in [-0.2, -0.15) is 4.98 Å². The maximum absolute atomic E-state index is 9.03. The van der Waals surface area contributed by atoms with E-state index < -0.39 is 0 Å². The third-order valence-corrected chi connectivity index (χ3v) is 4.07. The molecule has 0 amide bonds. The smallest absolute Gasteiger partial charge is 0.225 e. The molecule has 0 aliphatic heterocycles. The Labute approximate surface area is 143 Å². The number of anilines is 2. The second kappa shape index (κ2) is 9.39. The van der Waals surface area contributed by atoms with Crippen molar-refractivity contribution in [3.8, 4) is 0 Å². The summed E-state index contributed by atoms with van der Waals surface area (Å²) in [4.78, 5) is 9.17. The van der Waals surface area contributed by atoms with Gasteiger partial charge in [-0.25, -0.2) is 4.98 Å². The van der Waals surface area contributed by atoms with Crippen LogP contribution in [0.1, 0.15) is 26.7 Å². The van der Waals surface area contributed by atoms with E-state index in [9.17, 15) is 0 Å². The monoisotopic (exact) mass is 332 g/mol. The van der Waals surface area contributed by atoms with Gasteiger partial charge in [0.15, 0.2) is 0 Å². The van der Waals surface area contributed by atoms with Crippen LogP contribution in [0.15, 0.2) is 24.3 Å². The first-order chi connectivity index (χ1) is 11.6. The van der Waals surface area contributed by atoms with Crippen molar-refractivity contribution in [1.29, 1.82) is 0 Å². The van der Waals surface area contributed by atoms with Crippen LogP contribution < -0.4 is 10.6 Å².